The molecule has 4 N–H and O–H groups in total. The summed E-state index contributed by atoms with van der Waals surface area (Å²) >= 11 is 6.59. The van der Waals surface area contributed by atoms with Crippen LogP contribution in [-0.2, 0) is 11.3 Å². The molecule has 9 nitrogen and oxygen atoms in total. The number of hydrogen-bond donors (Lipinski definition) is 4. The standard InChI is InChI=1S/C31H37ClFN7O2/c1-31(2,34-3)19-36-26(41)18-42-24-10-6-21(7-11-24)29-38-28-27(25(32)16-35-30(28)39-29)37-23-12-14-40(15-13-23)17-20-4-8-22(33)9-5-20/h4-11,16,23,34H,12-15,17-19H2,1-3H3,(H,36,41)(H2,35,37,38,39). The predicted molar refractivity (Wildman–Crippen MR) is 164 cm³/mol. The number of H-pyrrole nitrogens is 1. The first-order valence-electron chi connectivity index (χ1n) is 14.2. The van der Waals surface area contributed by atoms with E-state index in [0.717, 1.165) is 49.3 Å². The van der Waals surface area contributed by atoms with Gasteiger partial charge in [0.2, 0.25) is 0 Å². The molecule has 0 aliphatic carbocycles. The molecule has 222 valence electrons. The van der Waals surface area contributed by atoms with Gasteiger partial charge in [-0.05, 0) is 75.7 Å². The number of ether oxygens (including phenoxy) is 1. The third-order valence-corrected chi connectivity index (χ3v) is 7.91. The van der Waals surface area contributed by atoms with Crippen molar-refractivity contribution in [3.05, 3.63) is 71.1 Å². The van der Waals surface area contributed by atoms with E-state index in [2.05, 4.69) is 30.8 Å². The summed E-state index contributed by atoms with van der Waals surface area (Å²) in [5.74, 6) is 0.861. The summed E-state index contributed by atoms with van der Waals surface area (Å²) in [6.45, 7) is 7.12. The first kappa shape index (κ1) is 29.8. The molecule has 5 rings (SSSR count). The lowest BCUT2D eigenvalue weighted by molar-refractivity contribution is -0.123. The Morgan fingerprint density at radius 2 is 1.86 bits per heavy atom. The maximum Gasteiger partial charge on any atom is 0.258 e. The highest BCUT2D eigenvalue weighted by atomic mass is 35.5. The number of likely N-dealkylation sites (tertiary alicyclic amines) is 1. The number of imidazole rings is 1. The molecule has 0 atom stereocenters. The maximum atomic E-state index is 13.2. The van der Waals surface area contributed by atoms with Gasteiger partial charge in [0.1, 0.15) is 22.9 Å². The summed E-state index contributed by atoms with van der Waals surface area (Å²) < 4.78 is 18.9. The summed E-state index contributed by atoms with van der Waals surface area (Å²) in [7, 11) is 1.86. The Labute approximate surface area is 250 Å². The van der Waals surface area contributed by atoms with Gasteiger partial charge in [-0.15, -0.1) is 0 Å². The van der Waals surface area contributed by atoms with Gasteiger partial charge in [-0.3, -0.25) is 9.69 Å². The quantitative estimate of drug-likeness (QED) is 0.194. The second-order valence-electron chi connectivity index (χ2n) is 11.3. The Balaban J connectivity index is 1.19. The van der Waals surface area contributed by atoms with Gasteiger partial charge in [0.15, 0.2) is 12.3 Å². The van der Waals surface area contributed by atoms with Crippen LogP contribution in [0.25, 0.3) is 22.6 Å². The van der Waals surface area contributed by atoms with Crippen molar-refractivity contribution in [2.45, 2.75) is 44.8 Å². The normalized spacial score (nSPS) is 14.7. The zero-order chi connectivity index (χ0) is 29.7. The number of carbonyl (C=O) groups excluding carboxylic acids is 1. The molecule has 0 spiro atoms. The number of piperidine rings is 1. The van der Waals surface area contributed by atoms with Crippen LogP contribution in [0.3, 0.4) is 0 Å². The fourth-order valence-corrected chi connectivity index (χ4v) is 5.00. The smallest absolute Gasteiger partial charge is 0.258 e. The van der Waals surface area contributed by atoms with E-state index in [1.165, 1.54) is 12.1 Å². The first-order chi connectivity index (χ1) is 20.2. The SMILES string of the molecule is CNC(C)(C)CNC(=O)COc1ccc(-c2nc3c(NC4CCN(Cc5ccc(F)cc5)CC4)c(Cl)cnc3[nH]2)cc1. The van der Waals surface area contributed by atoms with E-state index in [1.807, 2.05) is 57.3 Å². The minimum atomic E-state index is -0.212. The minimum absolute atomic E-state index is 0.0631. The van der Waals surface area contributed by atoms with Gasteiger partial charge in [0.05, 0.1) is 16.9 Å². The molecule has 2 aromatic heterocycles. The molecule has 1 fully saturated rings. The molecule has 1 aliphatic rings. The van der Waals surface area contributed by atoms with Crippen LogP contribution in [0, 0.1) is 5.82 Å². The van der Waals surface area contributed by atoms with Gasteiger partial charge < -0.3 is 25.7 Å². The van der Waals surface area contributed by atoms with Crippen LogP contribution >= 0.6 is 11.6 Å². The van der Waals surface area contributed by atoms with Crippen LogP contribution in [0.2, 0.25) is 5.02 Å². The summed E-state index contributed by atoms with van der Waals surface area (Å²) in [6, 6.07) is 14.4. The van der Waals surface area contributed by atoms with Crippen molar-refractivity contribution in [1.29, 1.82) is 0 Å². The van der Waals surface area contributed by atoms with E-state index in [0.29, 0.717) is 34.3 Å². The zero-order valence-corrected chi connectivity index (χ0v) is 24.9. The number of benzene rings is 2. The summed E-state index contributed by atoms with van der Waals surface area (Å²) in [4.78, 5) is 27.1. The van der Waals surface area contributed by atoms with Crippen LogP contribution in [0.15, 0.2) is 54.7 Å². The van der Waals surface area contributed by atoms with E-state index < -0.39 is 0 Å². The fourth-order valence-electron chi connectivity index (χ4n) is 4.81. The number of hydrogen-bond acceptors (Lipinski definition) is 7. The molecule has 4 aromatic rings. The van der Waals surface area contributed by atoms with E-state index in [1.54, 1.807) is 6.20 Å². The number of aromatic amines is 1. The molecule has 0 bridgehead atoms. The van der Waals surface area contributed by atoms with Crippen molar-refractivity contribution in [2.75, 3.05) is 38.6 Å². The molecular weight excluding hydrogens is 557 g/mol. The lowest BCUT2D eigenvalue weighted by Gasteiger charge is -2.33. The number of pyridine rings is 1. The van der Waals surface area contributed by atoms with Crippen molar-refractivity contribution in [1.82, 2.24) is 30.5 Å². The molecule has 11 heteroatoms. The number of anilines is 1. The number of fused-ring (bicyclic) bond motifs is 1. The second-order valence-corrected chi connectivity index (χ2v) is 11.7. The number of carbonyl (C=O) groups is 1. The average Bonchev–Trinajstić information content (AvgIpc) is 3.44. The van der Waals surface area contributed by atoms with Gasteiger partial charge in [-0.1, -0.05) is 23.7 Å². The van der Waals surface area contributed by atoms with Crippen LogP contribution in [0.4, 0.5) is 10.1 Å². The highest BCUT2D eigenvalue weighted by Gasteiger charge is 2.22. The molecule has 0 saturated carbocycles. The first-order valence-corrected chi connectivity index (χ1v) is 14.5. The monoisotopic (exact) mass is 593 g/mol. The molecule has 42 heavy (non-hydrogen) atoms. The largest absolute Gasteiger partial charge is 0.484 e. The van der Waals surface area contributed by atoms with E-state index >= 15 is 0 Å². The Bertz CT molecular complexity index is 1500. The Kier molecular flexibility index (Phi) is 9.25. The third kappa shape index (κ3) is 7.56. The van der Waals surface area contributed by atoms with E-state index in [9.17, 15) is 9.18 Å². The number of rotatable bonds is 11. The Hall–Kier alpha value is -3.73. The molecule has 0 radical (unpaired) electrons. The van der Waals surface area contributed by atoms with Crippen LogP contribution in [0.5, 0.6) is 5.75 Å². The number of amides is 1. The number of nitrogens with zero attached hydrogens (tertiary/aromatic N) is 3. The van der Waals surface area contributed by atoms with E-state index in [4.69, 9.17) is 21.3 Å². The predicted octanol–water partition coefficient (Wildman–Crippen LogP) is 4.99. The summed E-state index contributed by atoms with van der Waals surface area (Å²) in [5, 5.41) is 10.2. The highest BCUT2D eigenvalue weighted by molar-refractivity contribution is 6.34. The van der Waals surface area contributed by atoms with Gasteiger partial charge in [0.25, 0.3) is 5.91 Å². The number of likely N-dealkylation sites (N-methyl/N-ethyl adjacent to an activating group) is 1. The van der Waals surface area contributed by atoms with Gasteiger partial charge in [-0.2, -0.15) is 0 Å². The lowest BCUT2D eigenvalue weighted by Crippen LogP contribution is -2.48. The molecule has 3 heterocycles. The van der Waals surface area contributed by atoms with Gasteiger partial charge >= 0.3 is 0 Å². The Morgan fingerprint density at radius 1 is 1.14 bits per heavy atom. The van der Waals surface area contributed by atoms with Gasteiger partial charge in [0, 0.05) is 43.3 Å². The number of nitrogens with one attached hydrogen (secondary N) is 4. The summed E-state index contributed by atoms with van der Waals surface area (Å²) in [6.07, 6.45) is 3.54. The molecule has 1 aliphatic heterocycles. The van der Waals surface area contributed by atoms with E-state index in [-0.39, 0.29) is 29.9 Å². The maximum absolute atomic E-state index is 13.2. The second kappa shape index (κ2) is 13.1. The van der Waals surface area contributed by atoms with Crippen molar-refractivity contribution < 1.29 is 13.9 Å². The van der Waals surface area contributed by atoms with Gasteiger partial charge in [-0.25, -0.2) is 14.4 Å². The summed E-state index contributed by atoms with van der Waals surface area (Å²) in [5.41, 5.74) is 3.88. The highest BCUT2D eigenvalue weighted by Crippen LogP contribution is 2.32. The fraction of sp³-hybridized carbons (Fsp3) is 0.387. The molecule has 1 amide bonds. The topological polar surface area (TPSA) is 107 Å². The van der Waals surface area contributed by atoms with Crippen molar-refractivity contribution >= 4 is 34.4 Å². The van der Waals surface area contributed by atoms with Crippen molar-refractivity contribution in [3.8, 4) is 17.1 Å². The average molecular weight is 594 g/mol. The van der Waals surface area contributed by atoms with Crippen molar-refractivity contribution in [2.24, 2.45) is 0 Å². The minimum Gasteiger partial charge on any atom is -0.484 e. The number of aromatic nitrogens is 3. The van der Waals surface area contributed by atoms with Crippen LogP contribution in [-0.4, -0.2) is 70.6 Å². The number of halogens is 2. The van der Waals surface area contributed by atoms with Crippen LogP contribution < -0.4 is 20.7 Å². The zero-order valence-electron chi connectivity index (χ0n) is 24.1. The third-order valence-electron chi connectivity index (χ3n) is 7.62. The lowest BCUT2D eigenvalue weighted by atomic mass is 10.0. The van der Waals surface area contributed by atoms with Crippen molar-refractivity contribution in [3.63, 3.8) is 0 Å². The molecule has 2 aromatic carbocycles. The Morgan fingerprint density at radius 3 is 2.55 bits per heavy atom. The molecule has 0 unspecified atom stereocenters. The molecule has 1 saturated heterocycles. The van der Waals surface area contributed by atoms with Crippen LogP contribution in [0.1, 0.15) is 32.3 Å². The molecular formula is C31H37ClFN7O2.